The zero-order valence-electron chi connectivity index (χ0n) is 38.5. The minimum Gasteiger partial charge on any atom is -0.481 e. The Labute approximate surface area is 424 Å². The molecule has 0 aliphatic heterocycles. The van der Waals surface area contributed by atoms with E-state index >= 15 is 0 Å². The number of nitrogens with two attached hydrogens (primary N) is 1. The van der Waals surface area contributed by atoms with Crippen LogP contribution in [-0.2, 0) is 62.6 Å². The largest absolute Gasteiger partial charge is 0.481 e. The summed E-state index contributed by atoms with van der Waals surface area (Å²) in [6.07, 6.45) is 5.94. The number of aromatic nitrogens is 2. The number of carbonyl (C=O) groups is 4. The second-order valence-corrected chi connectivity index (χ2v) is 22.0. The number of carbonyl (C=O) groups excluding carboxylic acids is 4. The zero-order valence-corrected chi connectivity index (χ0v) is 43.3. The number of hydrogen-bond donors (Lipinski definition) is 1. The number of thiophene rings is 2. The number of primary amides is 1. The summed E-state index contributed by atoms with van der Waals surface area (Å²) in [6, 6.07) is 31.3. The number of halogens is 2. The van der Waals surface area contributed by atoms with Crippen LogP contribution in [-0.4, -0.2) is 60.2 Å². The summed E-state index contributed by atoms with van der Waals surface area (Å²) in [6.45, 7) is 4.85. The summed E-state index contributed by atoms with van der Waals surface area (Å²) in [7, 11) is 2.67. The van der Waals surface area contributed by atoms with Crippen molar-refractivity contribution in [2.24, 2.45) is 5.73 Å². The average Bonchev–Trinajstić information content (AvgIpc) is 4.23. The van der Waals surface area contributed by atoms with Crippen LogP contribution in [0.25, 0.3) is 42.7 Å². The predicted molar refractivity (Wildman–Crippen MR) is 279 cm³/mol. The Kier molecular flexibility index (Phi) is 14.3. The van der Waals surface area contributed by atoms with Crippen molar-refractivity contribution in [1.82, 2.24) is 9.13 Å². The number of aryl methyl sites for hydroxylation is 5. The van der Waals surface area contributed by atoms with Crippen molar-refractivity contribution in [2.45, 2.75) is 65.5 Å². The van der Waals surface area contributed by atoms with E-state index in [0.717, 1.165) is 96.4 Å². The van der Waals surface area contributed by atoms with Crippen LogP contribution in [0.15, 0.2) is 98.6 Å². The standard InChI is InChI=1S/C28H25BrN2O5S.C26H24BrNO3S/c1-15-24(27(33)28(30)34)25-20(36-14-23(32)35-2)12-16-7-5-9-19(16)26(25)31(15)13-17-6-3-4-8-18(17)21-10-11-22(29)37-21;1-16-12-21-22(31-15-25(29)30-2)13-17-7-5-9-20(17)26(21)28(16)14-18-6-3-4-8-19(18)23-10-11-24(27)32-23/h3-4,6,8,10-12H,5,7,9,13-14H2,1-2H3,(H2,30,34);3-4,6,8,10-13H,5,7,9,14-15H2,1-2H3. The highest BCUT2D eigenvalue weighted by atomic mass is 79.9. The lowest BCUT2D eigenvalue weighted by Crippen LogP contribution is -2.24. The van der Waals surface area contributed by atoms with Gasteiger partial charge in [0, 0.05) is 39.6 Å². The molecule has 0 radical (unpaired) electrons. The molecule has 0 saturated carbocycles. The zero-order chi connectivity index (χ0) is 48.5. The maximum absolute atomic E-state index is 13.1. The summed E-state index contributed by atoms with van der Waals surface area (Å²) in [5.74, 6) is -1.58. The third kappa shape index (κ3) is 9.66. The van der Waals surface area contributed by atoms with E-state index in [2.05, 4.69) is 115 Å². The Morgan fingerprint density at radius 2 is 1.14 bits per heavy atom. The third-order valence-corrected chi connectivity index (χ3v) is 16.3. The maximum Gasteiger partial charge on any atom is 0.343 e. The van der Waals surface area contributed by atoms with Crippen molar-refractivity contribution in [3.8, 4) is 32.4 Å². The van der Waals surface area contributed by atoms with Crippen LogP contribution in [0.5, 0.6) is 11.5 Å². The van der Waals surface area contributed by atoms with Gasteiger partial charge in [-0.15, -0.1) is 22.7 Å². The average molecular weight is 1090 g/mol. The molecule has 10 rings (SSSR count). The number of amides is 1. The molecule has 0 atom stereocenters. The van der Waals surface area contributed by atoms with Crippen molar-refractivity contribution in [1.29, 1.82) is 0 Å². The van der Waals surface area contributed by atoms with E-state index in [4.69, 9.17) is 24.7 Å². The molecule has 2 aliphatic carbocycles. The highest BCUT2D eigenvalue weighted by molar-refractivity contribution is 9.11. The fraction of sp³-hybridized carbons (Fsp3) is 0.259. The number of methoxy groups -OCH3 is 2. The van der Waals surface area contributed by atoms with Gasteiger partial charge in [-0.25, -0.2) is 9.59 Å². The molecule has 4 heterocycles. The van der Waals surface area contributed by atoms with E-state index in [1.54, 1.807) is 22.7 Å². The van der Waals surface area contributed by atoms with Gasteiger partial charge in [0.25, 0.3) is 11.7 Å². The summed E-state index contributed by atoms with van der Waals surface area (Å²) in [5.41, 5.74) is 19.3. The highest BCUT2D eigenvalue weighted by Gasteiger charge is 2.31. The van der Waals surface area contributed by atoms with Gasteiger partial charge in [0.15, 0.2) is 13.2 Å². The summed E-state index contributed by atoms with van der Waals surface area (Å²) in [4.78, 5) is 51.2. The third-order valence-electron chi connectivity index (χ3n) is 13.0. The van der Waals surface area contributed by atoms with Gasteiger partial charge in [-0.3, -0.25) is 9.59 Å². The molecule has 0 bridgehead atoms. The molecule has 0 saturated heterocycles. The minimum absolute atomic E-state index is 0.0787. The first-order valence-corrected chi connectivity index (χ1v) is 25.8. The number of rotatable bonds is 14. The van der Waals surface area contributed by atoms with Crippen LogP contribution >= 0.6 is 54.5 Å². The molecule has 4 aromatic carbocycles. The first-order chi connectivity index (χ1) is 33.3. The molecule has 0 spiro atoms. The fourth-order valence-corrected chi connectivity index (χ4v) is 12.7. The molecule has 15 heteroatoms. The van der Waals surface area contributed by atoms with Gasteiger partial charge in [0.2, 0.25) is 0 Å². The summed E-state index contributed by atoms with van der Waals surface area (Å²) >= 11 is 10.6. The van der Waals surface area contributed by atoms with E-state index in [1.807, 2.05) is 31.2 Å². The summed E-state index contributed by atoms with van der Waals surface area (Å²) < 4.78 is 28.0. The quantitative estimate of drug-likeness (QED) is 0.0645. The number of Topliss-reactive ketones (excluding diaryl/α,β-unsaturated/α-hetero) is 1. The lowest BCUT2D eigenvalue weighted by atomic mass is 10.0. The number of ether oxygens (including phenoxy) is 4. The van der Waals surface area contributed by atoms with Crippen molar-refractivity contribution in [2.75, 3.05) is 27.4 Å². The van der Waals surface area contributed by atoms with Crippen LogP contribution in [0.4, 0.5) is 0 Å². The molecule has 0 fully saturated rings. The van der Waals surface area contributed by atoms with Crippen LogP contribution in [0.1, 0.15) is 68.0 Å². The van der Waals surface area contributed by atoms with Crippen molar-refractivity contribution in [3.63, 3.8) is 0 Å². The Hall–Kier alpha value is -6.00. The molecular formula is C54H49Br2N3O8S2. The monoisotopic (exact) mass is 1090 g/mol. The van der Waals surface area contributed by atoms with Crippen molar-refractivity contribution >= 4 is 100.0 Å². The SMILES string of the molecule is COC(=O)COc1cc2c(c3c1c(C(=O)C(N)=O)c(C)n3Cc1ccccc1-c1ccc(Br)s1)CCC2.COC(=O)COc1cc2c(c3c1cc(C)n3Cc1ccccc1-c1ccc(Br)s1)CCC2. The Bertz CT molecular complexity index is 3330. The van der Waals surface area contributed by atoms with E-state index < -0.39 is 17.7 Å². The van der Waals surface area contributed by atoms with Crippen molar-refractivity contribution in [3.05, 3.63) is 149 Å². The molecule has 69 heavy (non-hydrogen) atoms. The highest BCUT2D eigenvalue weighted by Crippen LogP contribution is 2.44. The topological polar surface area (TPSA) is 141 Å². The molecule has 4 aromatic heterocycles. The van der Waals surface area contributed by atoms with Crippen LogP contribution < -0.4 is 15.2 Å². The van der Waals surface area contributed by atoms with Crippen LogP contribution in [0.2, 0.25) is 0 Å². The first kappa shape index (κ1) is 48.0. The van der Waals surface area contributed by atoms with Gasteiger partial charge >= 0.3 is 11.9 Å². The van der Waals surface area contributed by atoms with Gasteiger partial charge in [-0.1, -0.05) is 48.5 Å². The van der Waals surface area contributed by atoms with Crippen molar-refractivity contribution < 1.29 is 38.1 Å². The molecule has 1 amide bonds. The lowest BCUT2D eigenvalue weighted by Gasteiger charge is -2.16. The molecule has 354 valence electrons. The smallest absolute Gasteiger partial charge is 0.343 e. The Balaban J connectivity index is 0.000000174. The van der Waals surface area contributed by atoms with Gasteiger partial charge < -0.3 is 33.8 Å². The molecule has 0 unspecified atom stereocenters. The number of fused-ring (bicyclic) bond motifs is 6. The van der Waals surface area contributed by atoms with Crippen LogP contribution in [0, 0.1) is 13.8 Å². The predicted octanol–water partition coefficient (Wildman–Crippen LogP) is 11.7. The first-order valence-electron chi connectivity index (χ1n) is 22.6. The lowest BCUT2D eigenvalue weighted by molar-refractivity contribution is -0.143. The Morgan fingerprint density at radius 1 is 0.638 bits per heavy atom. The van der Waals surface area contributed by atoms with E-state index in [-0.39, 0.29) is 24.7 Å². The fourth-order valence-electron chi connectivity index (χ4n) is 9.82. The number of hydrogen-bond acceptors (Lipinski definition) is 10. The molecule has 8 aromatic rings. The molecule has 11 nitrogen and oxygen atoms in total. The number of nitrogens with zero attached hydrogens (tertiary/aromatic N) is 2. The second kappa shape index (κ2) is 20.5. The number of esters is 2. The van der Waals surface area contributed by atoms with E-state index in [0.29, 0.717) is 23.4 Å². The van der Waals surface area contributed by atoms with E-state index in [1.165, 1.54) is 52.6 Å². The normalized spacial score (nSPS) is 12.7. The van der Waals surface area contributed by atoms with E-state index in [9.17, 15) is 19.2 Å². The van der Waals surface area contributed by atoms with Gasteiger partial charge in [0.1, 0.15) is 11.5 Å². The van der Waals surface area contributed by atoms with Gasteiger partial charge in [0.05, 0.1) is 43.8 Å². The van der Waals surface area contributed by atoms with Gasteiger partial charge in [-0.2, -0.15) is 0 Å². The summed E-state index contributed by atoms with van der Waals surface area (Å²) in [5, 5.41) is 1.59. The molecule has 2 aliphatic rings. The van der Waals surface area contributed by atoms with Gasteiger partial charge in [-0.05, 0) is 171 Å². The minimum atomic E-state index is -1.04. The number of benzene rings is 4. The number of ketones is 1. The Morgan fingerprint density at radius 3 is 1.67 bits per heavy atom. The molecule has 2 N–H and O–H groups in total. The second-order valence-electron chi connectivity index (χ2n) is 17.1. The molecular weight excluding hydrogens is 1040 g/mol. The maximum atomic E-state index is 13.1. The van der Waals surface area contributed by atoms with Crippen LogP contribution in [0.3, 0.4) is 0 Å².